The molecule has 0 aliphatic rings. The maximum Gasteiger partial charge on any atom is 0.412 e. The number of nitrogens with one attached hydrogen (secondary N) is 1. The summed E-state index contributed by atoms with van der Waals surface area (Å²) in [6.07, 6.45) is -0.767. The van der Waals surface area contributed by atoms with E-state index in [0.29, 0.717) is 6.54 Å². The SMILES string of the molecule is O=C(N[C@@H](c1cccnc1)C(F)(F)F)c1ccc(Cn2cnnn2)cc1. The second kappa shape index (κ2) is 7.30. The second-order valence-corrected chi connectivity index (χ2v) is 5.44. The summed E-state index contributed by atoms with van der Waals surface area (Å²) < 4.78 is 41.4. The summed E-state index contributed by atoms with van der Waals surface area (Å²) in [5, 5.41) is 12.7. The molecule has 3 rings (SSSR count). The van der Waals surface area contributed by atoms with Crippen LogP contribution < -0.4 is 5.32 Å². The Labute approximate surface area is 145 Å². The van der Waals surface area contributed by atoms with Crippen molar-refractivity contribution < 1.29 is 18.0 Å². The van der Waals surface area contributed by atoms with Gasteiger partial charge in [0.1, 0.15) is 6.33 Å². The third kappa shape index (κ3) is 4.21. The molecule has 1 atom stereocenters. The molecule has 0 saturated heterocycles. The molecule has 134 valence electrons. The monoisotopic (exact) mass is 362 g/mol. The normalized spacial score (nSPS) is 12.6. The Morgan fingerprint density at radius 2 is 1.96 bits per heavy atom. The average molecular weight is 362 g/mol. The van der Waals surface area contributed by atoms with Crippen LogP contribution in [0.25, 0.3) is 0 Å². The molecular weight excluding hydrogens is 349 g/mol. The van der Waals surface area contributed by atoms with Crippen LogP contribution in [0.2, 0.25) is 0 Å². The van der Waals surface area contributed by atoms with Crippen LogP contribution in [0.5, 0.6) is 0 Å². The molecule has 0 saturated carbocycles. The van der Waals surface area contributed by atoms with Gasteiger partial charge in [0, 0.05) is 23.5 Å². The minimum Gasteiger partial charge on any atom is -0.337 e. The summed E-state index contributed by atoms with van der Waals surface area (Å²) in [5.41, 5.74) is 0.778. The van der Waals surface area contributed by atoms with E-state index in [1.807, 2.05) is 5.32 Å². The summed E-state index contributed by atoms with van der Waals surface area (Å²) in [5.74, 6) is -0.829. The van der Waals surface area contributed by atoms with Crippen molar-refractivity contribution in [3.05, 3.63) is 71.8 Å². The number of tetrazole rings is 1. The van der Waals surface area contributed by atoms with Gasteiger partial charge in [-0.05, 0) is 34.2 Å². The van der Waals surface area contributed by atoms with Crippen molar-refractivity contribution in [1.82, 2.24) is 30.5 Å². The fourth-order valence-corrected chi connectivity index (χ4v) is 2.32. The predicted molar refractivity (Wildman–Crippen MR) is 83.9 cm³/mol. The zero-order chi connectivity index (χ0) is 18.6. The third-order valence-corrected chi connectivity index (χ3v) is 3.57. The Hall–Kier alpha value is -3.30. The van der Waals surface area contributed by atoms with Gasteiger partial charge in [-0.1, -0.05) is 18.2 Å². The number of aromatic nitrogens is 5. The first kappa shape index (κ1) is 17.5. The molecule has 3 aromatic rings. The van der Waals surface area contributed by atoms with Gasteiger partial charge in [-0.3, -0.25) is 9.78 Å². The fraction of sp³-hybridized carbons (Fsp3) is 0.188. The minimum atomic E-state index is -4.64. The zero-order valence-electron chi connectivity index (χ0n) is 13.3. The highest BCUT2D eigenvalue weighted by molar-refractivity contribution is 5.94. The number of hydrogen-bond acceptors (Lipinski definition) is 5. The maximum atomic E-state index is 13.3. The summed E-state index contributed by atoms with van der Waals surface area (Å²) >= 11 is 0. The molecule has 0 unspecified atom stereocenters. The van der Waals surface area contributed by atoms with Crippen LogP contribution in [-0.2, 0) is 6.54 Å². The molecule has 0 radical (unpaired) electrons. The number of rotatable bonds is 5. The smallest absolute Gasteiger partial charge is 0.337 e. The van der Waals surface area contributed by atoms with Crippen molar-refractivity contribution in [1.29, 1.82) is 0 Å². The summed E-state index contributed by atoms with van der Waals surface area (Å²) in [6, 6.07) is 6.67. The third-order valence-electron chi connectivity index (χ3n) is 3.57. The highest BCUT2D eigenvalue weighted by atomic mass is 19.4. The van der Waals surface area contributed by atoms with E-state index in [2.05, 4.69) is 20.5 Å². The number of benzene rings is 1. The van der Waals surface area contributed by atoms with Gasteiger partial charge in [0.05, 0.1) is 6.54 Å². The Morgan fingerprint density at radius 1 is 1.19 bits per heavy atom. The second-order valence-electron chi connectivity index (χ2n) is 5.44. The van der Waals surface area contributed by atoms with Crippen LogP contribution in [0.3, 0.4) is 0 Å². The van der Waals surface area contributed by atoms with Gasteiger partial charge in [-0.2, -0.15) is 13.2 Å². The van der Waals surface area contributed by atoms with Crippen molar-refractivity contribution in [2.24, 2.45) is 0 Å². The first-order valence-electron chi connectivity index (χ1n) is 7.51. The molecule has 0 aliphatic heterocycles. The van der Waals surface area contributed by atoms with Crippen LogP contribution in [0.15, 0.2) is 55.1 Å². The van der Waals surface area contributed by atoms with E-state index in [4.69, 9.17) is 0 Å². The van der Waals surface area contributed by atoms with E-state index in [1.54, 1.807) is 12.1 Å². The van der Waals surface area contributed by atoms with Crippen molar-refractivity contribution >= 4 is 5.91 Å². The van der Waals surface area contributed by atoms with E-state index in [-0.39, 0.29) is 11.1 Å². The molecule has 0 fully saturated rings. The molecular formula is C16H13F3N6O. The molecule has 2 aromatic heterocycles. The molecule has 0 spiro atoms. The van der Waals surface area contributed by atoms with Crippen molar-refractivity contribution in [2.45, 2.75) is 18.8 Å². The zero-order valence-corrected chi connectivity index (χ0v) is 13.3. The number of alkyl halides is 3. The first-order valence-corrected chi connectivity index (χ1v) is 7.51. The molecule has 2 heterocycles. The number of nitrogens with zero attached hydrogens (tertiary/aromatic N) is 5. The van der Waals surface area contributed by atoms with Crippen LogP contribution in [0, 0.1) is 0 Å². The largest absolute Gasteiger partial charge is 0.412 e. The quantitative estimate of drug-likeness (QED) is 0.752. The van der Waals surface area contributed by atoms with Gasteiger partial charge in [0.2, 0.25) is 0 Å². The lowest BCUT2D eigenvalue weighted by Gasteiger charge is -2.21. The van der Waals surface area contributed by atoms with Crippen LogP contribution in [-0.4, -0.2) is 37.3 Å². The highest BCUT2D eigenvalue weighted by Crippen LogP contribution is 2.32. The van der Waals surface area contributed by atoms with Gasteiger partial charge in [-0.15, -0.1) is 5.10 Å². The molecule has 26 heavy (non-hydrogen) atoms. The van der Waals surface area contributed by atoms with E-state index in [0.717, 1.165) is 11.8 Å². The maximum absolute atomic E-state index is 13.3. The average Bonchev–Trinajstić information content (AvgIpc) is 3.13. The molecule has 1 N–H and O–H groups in total. The van der Waals surface area contributed by atoms with Gasteiger partial charge >= 0.3 is 6.18 Å². The molecule has 1 amide bonds. The highest BCUT2D eigenvalue weighted by Gasteiger charge is 2.42. The summed E-state index contributed by atoms with van der Waals surface area (Å²) in [6.45, 7) is 0.385. The van der Waals surface area contributed by atoms with Crippen LogP contribution >= 0.6 is 0 Å². The number of hydrogen-bond donors (Lipinski definition) is 1. The minimum absolute atomic E-state index is 0.114. The Bertz CT molecular complexity index is 850. The first-order chi connectivity index (χ1) is 12.4. The fourth-order valence-electron chi connectivity index (χ4n) is 2.32. The lowest BCUT2D eigenvalue weighted by atomic mass is 10.1. The van der Waals surface area contributed by atoms with Crippen molar-refractivity contribution in [2.75, 3.05) is 0 Å². The topological polar surface area (TPSA) is 85.6 Å². The van der Waals surface area contributed by atoms with Gasteiger partial charge < -0.3 is 5.32 Å². The van der Waals surface area contributed by atoms with E-state index in [1.165, 1.54) is 41.5 Å². The lowest BCUT2D eigenvalue weighted by molar-refractivity contribution is -0.155. The molecule has 0 aliphatic carbocycles. The van der Waals surface area contributed by atoms with Crippen LogP contribution in [0.4, 0.5) is 13.2 Å². The van der Waals surface area contributed by atoms with E-state index in [9.17, 15) is 18.0 Å². The molecule has 1 aromatic carbocycles. The molecule has 7 nitrogen and oxygen atoms in total. The predicted octanol–water partition coefficient (Wildman–Crippen LogP) is 2.15. The number of halogens is 3. The Morgan fingerprint density at radius 3 is 2.54 bits per heavy atom. The van der Waals surface area contributed by atoms with E-state index < -0.39 is 18.1 Å². The Kier molecular flexibility index (Phi) is 4.92. The number of carbonyl (C=O) groups is 1. The standard InChI is InChI=1S/C16H13F3N6O/c17-16(18,19)14(13-2-1-7-20-8-13)22-15(26)12-5-3-11(4-6-12)9-25-10-21-23-24-25/h1-8,10,14H,9H2,(H,22,26)/t14-/m0/s1. The van der Waals surface area contributed by atoms with Gasteiger partial charge in [0.25, 0.3) is 5.91 Å². The summed E-state index contributed by atoms with van der Waals surface area (Å²) in [7, 11) is 0. The van der Waals surface area contributed by atoms with Gasteiger partial charge in [0.15, 0.2) is 6.04 Å². The van der Waals surface area contributed by atoms with Crippen molar-refractivity contribution in [3.8, 4) is 0 Å². The van der Waals surface area contributed by atoms with Crippen molar-refractivity contribution in [3.63, 3.8) is 0 Å². The summed E-state index contributed by atoms with van der Waals surface area (Å²) in [4.78, 5) is 15.9. The Balaban J connectivity index is 1.73. The van der Waals surface area contributed by atoms with Crippen LogP contribution in [0.1, 0.15) is 27.5 Å². The number of pyridine rings is 1. The molecule has 10 heteroatoms. The van der Waals surface area contributed by atoms with Gasteiger partial charge in [-0.25, -0.2) is 4.68 Å². The molecule has 0 bridgehead atoms. The lowest BCUT2D eigenvalue weighted by Crippen LogP contribution is -2.38. The van der Waals surface area contributed by atoms with E-state index >= 15 is 0 Å². The number of amides is 1. The number of carbonyl (C=O) groups excluding carboxylic acids is 1.